The van der Waals surface area contributed by atoms with Crippen molar-refractivity contribution in [2.24, 2.45) is 0 Å². The molecule has 0 saturated carbocycles. The zero-order valence-electron chi connectivity index (χ0n) is 17.0. The van der Waals surface area contributed by atoms with Crippen molar-refractivity contribution in [3.05, 3.63) is 64.2 Å². The van der Waals surface area contributed by atoms with Gasteiger partial charge in [-0.15, -0.1) is 0 Å². The number of nitrogens with one attached hydrogen (secondary N) is 1. The Morgan fingerprint density at radius 1 is 1.16 bits per heavy atom. The van der Waals surface area contributed by atoms with Crippen molar-refractivity contribution in [2.75, 3.05) is 18.1 Å². The van der Waals surface area contributed by atoms with Crippen molar-refractivity contribution in [3.8, 4) is 0 Å². The first kappa shape index (κ1) is 22.3. The van der Waals surface area contributed by atoms with Gasteiger partial charge in [0.15, 0.2) is 9.84 Å². The lowest BCUT2D eigenvalue weighted by Crippen LogP contribution is -2.47. The maximum absolute atomic E-state index is 13.3. The van der Waals surface area contributed by atoms with Crippen LogP contribution in [0.1, 0.15) is 34.8 Å². The Hall–Kier alpha value is -1.94. The molecule has 0 bridgehead atoms. The highest BCUT2D eigenvalue weighted by molar-refractivity contribution is 7.91. The summed E-state index contributed by atoms with van der Waals surface area (Å²) in [5, 5.41) is 2.78. The summed E-state index contributed by atoms with van der Waals surface area (Å²) in [6, 6.07) is 11.8. The Labute approximate surface area is 187 Å². The molecule has 1 N–H and O–H groups in total. The van der Waals surface area contributed by atoms with Gasteiger partial charge in [0.25, 0.3) is 5.91 Å². The SMILES string of the molecule is CC1(NC(=O)c2ccc(Cl)c(S(=O)(=O)N3CCc4ccccc4C3)c2)CCS(=O)(=O)C1. The molecule has 2 heterocycles. The summed E-state index contributed by atoms with van der Waals surface area (Å²) in [6.07, 6.45) is 0.910. The molecule has 31 heavy (non-hydrogen) atoms. The van der Waals surface area contributed by atoms with E-state index in [0.29, 0.717) is 19.4 Å². The van der Waals surface area contributed by atoms with Crippen molar-refractivity contribution in [2.45, 2.75) is 36.7 Å². The quantitative estimate of drug-likeness (QED) is 0.721. The Balaban J connectivity index is 1.60. The number of hydrogen-bond acceptors (Lipinski definition) is 5. The first-order valence-electron chi connectivity index (χ1n) is 9.89. The number of fused-ring (bicyclic) bond motifs is 1. The minimum Gasteiger partial charge on any atom is -0.346 e. The number of hydrogen-bond donors (Lipinski definition) is 1. The van der Waals surface area contributed by atoms with Gasteiger partial charge >= 0.3 is 0 Å². The Bertz CT molecular complexity index is 1260. The van der Waals surface area contributed by atoms with Gasteiger partial charge in [-0.25, -0.2) is 16.8 Å². The molecule has 1 unspecified atom stereocenters. The van der Waals surface area contributed by atoms with Crippen LogP contribution in [0.15, 0.2) is 47.4 Å². The van der Waals surface area contributed by atoms with E-state index in [0.717, 1.165) is 11.1 Å². The fourth-order valence-electron chi connectivity index (χ4n) is 4.11. The van der Waals surface area contributed by atoms with E-state index in [1.54, 1.807) is 6.92 Å². The molecule has 4 rings (SSSR count). The molecule has 1 fully saturated rings. The van der Waals surface area contributed by atoms with E-state index in [1.807, 2.05) is 24.3 Å². The molecule has 2 aliphatic rings. The van der Waals surface area contributed by atoms with Gasteiger partial charge in [-0.3, -0.25) is 4.79 Å². The van der Waals surface area contributed by atoms with Crippen molar-refractivity contribution in [3.63, 3.8) is 0 Å². The molecule has 0 spiro atoms. The third kappa shape index (κ3) is 4.50. The van der Waals surface area contributed by atoms with Crippen LogP contribution in [0.3, 0.4) is 0 Å². The third-order valence-electron chi connectivity index (χ3n) is 5.83. The number of carbonyl (C=O) groups excluding carboxylic acids is 1. The van der Waals surface area contributed by atoms with Crippen molar-refractivity contribution >= 4 is 37.4 Å². The molecule has 0 aromatic heterocycles. The monoisotopic (exact) mass is 482 g/mol. The van der Waals surface area contributed by atoms with Crippen LogP contribution < -0.4 is 5.32 Å². The van der Waals surface area contributed by atoms with Gasteiger partial charge in [-0.1, -0.05) is 35.9 Å². The molecule has 2 aliphatic heterocycles. The summed E-state index contributed by atoms with van der Waals surface area (Å²) in [4.78, 5) is 12.7. The van der Waals surface area contributed by atoms with E-state index in [4.69, 9.17) is 11.6 Å². The molecule has 166 valence electrons. The fourth-order valence-corrected chi connectivity index (χ4v) is 8.12. The van der Waals surface area contributed by atoms with Crippen LogP contribution in [0.5, 0.6) is 0 Å². The first-order valence-corrected chi connectivity index (χ1v) is 13.5. The zero-order valence-corrected chi connectivity index (χ0v) is 19.4. The highest BCUT2D eigenvalue weighted by atomic mass is 35.5. The molecule has 1 amide bonds. The van der Waals surface area contributed by atoms with E-state index >= 15 is 0 Å². The largest absolute Gasteiger partial charge is 0.346 e. The molecular weight excluding hydrogens is 460 g/mol. The summed E-state index contributed by atoms with van der Waals surface area (Å²) in [6.45, 7) is 2.23. The van der Waals surface area contributed by atoms with Crippen molar-refractivity contribution in [1.29, 1.82) is 0 Å². The molecule has 0 radical (unpaired) electrons. The van der Waals surface area contributed by atoms with Gasteiger partial charge in [-0.2, -0.15) is 4.31 Å². The summed E-state index contributed by atoms with van der Waals surface area (Å²) in [5.74, 6) is -0.658. The number of halogens is 1. The zero-order chi connectivity index (χ0) is 22.4. The summed E-state index contributed by atoms with van der Waals surface area (Å²) < 4.78 is 51.6. The van der Waals surface area contributed by atoms with Crippen LogP contribution in [0.25, 0.3) is 0 Å². The topological polar surface area (TPSA) is 101 Å². The van der Waals surface area contributed by atoms with Gasteiger partial charge in [0.1, 0.15) is 4.90 Å². The van der Waals surface area contributed by atoms with Crippen molar-refractivity contribution in [1.82, 2.24) is 9.62 Å². The molecule has 1 atom stereocenters. The average molecular weight is 483 g/mol. The van der Waals surface area contributed by atoms with Gasteiger partial charge < -0.3 is 5.32 Å². The van der Waals surface area contributed by atoms with Crippen molar-refractivity contribution < 1.29 is 21.6 Å². The van der Waals surface area contributed by atoms with Crippen LogP contribution in [0.4, 0.5) is 0 Å². The Morgan fingerprint density at radius 3 is 2.55 bits per heavy atom. The third-order valence-corrected chi connectivity index (χ3v) is 10.1. The second kappa shape index (κ2) is 7.88. The Morgan fingerprint density at radius 2 is 1.87 bits per heavy atom. The van der Waals surface area contributed by atoms with E-state index < -0.39 is 31.3 Å². The summed E-state index contributed by atoms with van der Waals surface area (Å²) >= 11 is 6.22. The van der Waals surface area contributed by atoms with Crippen LogP contribution in [-0.2, 0) is 32.8 Å². The highest BCUT2D eigenvalue weighted by Gasteiger charge is 2.40. The van der Waals surface area contributed by atoms with Crippen LogP contribution in [0.2, 0.25) is 5.02 Å². The highest BCUT2D eigenvalue weighted by Crippen LogP contribution is 2.30. The molecule has 2 aromatic carbocycles. The number of nitrogens with zero attached hydrogens (tertiary/aromatic N) is 1. The number of amides is 1. The fraction of sp³-hybridized carbons (Fsp3) is 0.381. The number of sulfone groups is 1. The van der Waals surface area contributed by atoms with Gasteiger partial charge in [0.05, 0.1) is 22.1 Å². The predicted octanol–water partition coefficient (Wildman–Crippen LogP) is 2.39. The van der Waals surface area contributed by atoms with Crippen LogP contribution >= 0.6 is 11.6 Å². The van der Waals surface area contributed by atoms with Gasteiger partial charge in [-0.05, 0) is 49.1 Å². The van der Waals surface area contributed by atoms with E-state index in [9.17, 15) is 21.6 Å². The second-order valence-corrected chi connectivity index (χ2v) is 12.9. The molecular formula is C21H23ClN2O5S2. The normalized spacial score (nSPS) is 23.3. The number of benzene rings is 2. The number of sulfonamides is 1. The molecule has 0 aliphatic carbocycles. The average Bonchev–Trinajstić information content (AvgIpc) is 3.00. The Kier molecular flexibility index (Phi) is 5.66. The molecule has 10 heteroatoms. The lowest BCUT2D eigenvalue weighted by atomic mass is 10.0. The summed E-state index contributed by atoms with van der Waals surface area (Å²) in [5.41, 5.74) is 1.29. The molecule has 1 saturated heterocycles. The number of rotatable bonds is 4. The smallest absolute Gasteiger partial charge is 0.251 e. The predicted molar refractivity (Wildman–Crippen MR) is 118 cm³/mol. The van der Waals surface area contributed by atoms with E-state index in [1.165, 1.54) is 22.5 Å². The lowest BCUT2D eigenvalue weighted by Gasteiger charge is -2.28. The lowest BCUT2D eigenvalue weighted by molar-refractivity contribution is 0.0915. The van der Waals surface area contributed by atoms with Gasteiger partial charge in [0, 0.05) is 18.7 Å². The van der Waals surface area contributed by atoms with Crippen LogP contribution in [-0.4, -0.2) is 50.6 Å². The van der Waals surface area contributed by atoms with Crippen LogP contribution in [0, 0.1) is 0 Å². The molecule has 2 aromatic rings. The summed E-state index contributed by atoms with van der Waals surface area (Å²) in [7, 11) is -7.12. The van der Waals surface area contributed by atoms with Gasteiger partial charge in [0.2, 0.25) is 10.0 Å². The minimum atomic E-state index is -3.93. The molecule has 7 nitrogen and oxygen atoms in total. The van der Waals surface area contributed by atoms with E-state index in [-0.39, 0.29) is 33.5 Å². The first-order chi connectivity index (χ1) is 14.5. The maximum atomic E-state index is 13.3. The standard InChI is InChI=1S/C21H23ClN2O5S2/c1-21(9-11-30(26,27)14-21)23-20(25)16-6-7-18(22)19(12-16)31(28,29)24-10-8-15-4-2-3-5-17(15)13-24/h2-7,12H,8-11,13-14H2,1H3,(H,23,25). The minimum absolute atomic E-state index is 0.0143. The maximum Gasteiger partial charge on any atom is 0.251 e. The second-order valence-electron chi connectivity index (χ2n) is 8.36. The number of carbonyl (C=O) groups is 1. The van der Waals surface area contributed by atoms with E-state index in [2.05, 4.69) is 5.32 Å².